The van der Waals surface area contributed by atoms with Gasteiger partial charge in [0.1, 0.15) is 5.69 Å². The molecule has 0 atom stereocenters. The Hall–Kier alpha value is -2.70. The van der Waals surface area contributed by atoms with Gasteiger partial charge in [0.25, 0.3) is 5.91 Å². The van der Waals surface area contributed by atoms with Gasteiger partial charge in [-0.05, 0) is 19.1 Å². The molecule has 2 N–H and O–H groups in total. The van der Waals surface area contributed by atoms with E-state index in [0.29, 0.717) is 16.8 Å². The maximum Gasteiger partial charge on any atom is 0.361 e. The van der Waals surface area contributed by atoms with E-state index >= 15 is 0 Å². The van der Waals surface area contributed by atoms with Gasteiger partial charge in [-0.15, -0.1) is 5.10 Å². The molecule has 0 saturated heterocycles. The molecule has 104 valence electrons. The molecule has 0 aliphatic rings. The molecule has 2 rings (SSSR count). The lowest BCUT2D eigenvalue weighted by atomic mass is 10.1. The molecule has 2 aromatic rings. The third kappa shape index (κ3) is 2.66. The van der Waals surface area contributed by atoms with Crippen LogP contribution in [0.1, 0.15) is 27.8 Å². The van der Waals surface area contributed by atoms with E-state index in [2.05, 4.69) is 20.7 Å². The van der Waals surface area contributed by atoms with Crippen molar-refractivity contribution in [2.24, 2.45) is 0 Å². The predicted molar refractivity (Wildman–Crippen MR) is 71.2 cm³/mol. The first-order valence-electron chi connectivity index (χ1n) is 6.07. The zero-order chi connectivity index (χ0) is 14.5. The molecule has 0 aliphatic carbocycles. The lowest BCUT2D eigenvalue weighted by Crippen LogP contribution is -2.17. The second-order valence-corrected chi connectivity index (χ2v) is 3.90. The van der Waals surface area contributed by atoms with Gasteiger partial charge in [0.2, 0.25) is 0 Å². The van der Waals surface area contributed by atoms with Gasteiger partial charge in [-0.3, -0.25) is 4.79 Å². The zero-order valence-electron chi connectivity index (χ0n) is 11.1. The average molecular weight is 274 g/mol. The average Bonchev–Trinajstić information content (AvgIpc) is 2.96. The number of nitrogens with one attached hydrogen (secondary N) is 2. The summed E-state index contributed by atoms with van der Waals surface area (Å²) in [7, 11) is 1.55. The summed E-state index contributed by atoms with van der Waals surface area (Å²) < 4.78 is 4.91. The number of hydrogen-bond acceptors (Lipinski definition) is 5. The van der Waals surface area contributed by atoms with Crippen LogP contribution in [0.3, 0.4) is 0 Å². The van der Waals surface area contributed by atoms with Gasteiger partial charge in [-0.25, -0.2) is 4.79 Å². The lowest BCUT2D eigenvalue weighted by molar-refractivity contribution is 0.0520. The van der Waals surface area contributed by atoms with Crippen LogP contribution in [0.4, 0.5) is 0 Å². The van der Waals surface area contributed by atoms with E-state index in [1.807, 2.05) is 0 Å². The number of esters is 1. The molecule has 0 spiro atoms. The topological polar surface area (TPSA) is 97.0 Å². The molecule has 0 radical (unpaired) electrons. The number of hydrogen-bond donors (Lipinski definition) is 2. The molecular weight excluding hydrogens is 260 g/mol. The van der Waals surface area contributed by atoms with E-state index < -0.39 is 5.97 Å². The van der Waals surface area contributed by atoms with Crippen molar-refractivity contribution in [1.82, 2.24) is 20.7 Å². The molecule has 1 heterocycles. The zero-order valence-corrected chi connectivity index (χ0v) is 11.1. The van der Waals surface area contributed by atoms with Gasteiger partial charge >= 0.3 is 5.97 Å². The van der Waals surface area contributed by atoms with Gasteiger partial charge in [0.15, 0.2) is 5.69 Å². The van der Waals surface area contributed by atoms with E-state index in [1.165, 1.54) is 0 Å². The minimum atomic E-state index is -0.554. The van der Waals surface area contributed by atoms with E-state index in [1.54, 1.807) is 38.2 Å². The summed E-state index contributed by atoms with van der Waals surface area (Å²) in [6.45, 7) is 1.97. The number of carbonyl (C=O) groups excluding carboxylic acids is 2. The molecule has 0 bridgehead atoms. The Morgan fingerprint density at radius 2 is 2.15 bits per heavy atom. The molecule has 1 aromatic carbocycles. The van der Waals surface area contributed by atoms with Crippen molar-refractivity contribution >= 4 is 11.9 Å². The third-order valence-corrected chi connectivity index (χ3v) is 2.64. The highest BCUT2D eigenvalue weighted by atomic mass is 16.5. The highest BCUT2D eigenvalue weighted by molar-refractivity contribution is 5.97. The number of ether oxygens (including phenoxy) is 1. The Balaban J connectivity index is 2.40. The van der Waals surface area contributed by atoms with Crippen molar-refractivity contribution in [2.75, 3.05) is 13.7 Å². The summed E-state index contributed by atoms with van der Waals surface area (Å²) >= 11 is 0. The number of carbonyl (C=O) groups is 2. The second kappa shape index (κ2) is 5.96. The number of benzene rings is 1. The maximum absolute atomic E-state index is 11.8. The van der Waals surface area contributed by atoms with Crippen LogP contribution >= 0.6 is 0 Å². The molecule has 0 fully saturated rings. The normalized spacial score (nSPS) is 10.1. The van der Waals surface area contributed by atoms with Crippen molar-refractivity contribution < 1.29 is 14.3 Å². The highest BCUT2D eigenvalue weighted by Gasteiger charge is 2.19. The number of amides is 1. The molecule has 0 unspecified atom stereocenters. The fraction of sp³-hybridized carbons (Fsp3) is 0.231. The summed E-state index contributed by atoms with van der Waals surface area (Å²) in [6.07, 6.45) is 0. The quantitative estimate of drug-likeness (QED) is 0.811. The second-order valence-electron chi connectivity index (χ2n) is 3.90. The molecule has 1 amide bonds. The van der Waals surface area contributed by atoms with Crippen LogP contribution in [0, 0.1) is 0 Å². The van der Waals surface area contributed by atoms with Gasteiger partial charge in [0, 0.05) is 18.2 Å². The van der Waals surface area contributed by atoms with Crippen molar-refractivity contribution in [3.8, 4) is 11.3 Å². The highest BCUT2D eigenvalue weighted by Crippen LogP contribution is 2.21. The summed E-state index contributed by atoms with van der Waals surface area (Å²) in [5.74, 6) is -0.769. The maximum atomic E-state index is 11.8. The van der Waals surface area contributed by atoms with Crippen molar-refractivity contribution in [3.05, 3.63) is 35.5 Å². The first kappa shape index (κ1) is 13.7. The Morgan fingerprint density at radius 1 is 1.35 bits per heavy atom. The minimum absolute atomic E-state index is 0.0981. The van der Waals surface area contributed by atoms with E-state index in [0.717, 1.165) is 0 Å². The molecule has 0 aliphatic heterocycles. The number of aromatic nitrogens is 3. The molecule has 7 nitrogen and oxygen atoms in total. The summed E-state index contributed by atoms with van der Waals surface area (Å²) in [4.78, 5) is 23.4. The Bertz CT molecular complexity index is 636. The van der Waals surface area contributed by atoms with Crippen LogP contribution in [0.2, 0.25) is 0 Å². The van der Waals surface area contributed by atoms with Crippen molar-refractivity contribution in [2.45, 2.75) is 6.92 Å². The molecule has 20 heavy (non-hydrogen) atoms. The van der Waals surface area contributed by atoms with Crippen LogP contribution < -0.4 is 5.32 Å². The van der Waals surface area contributed by atoms with Crippen LogP contribution in [0.5, 0.6) is 0 Å². The monoisotopic (exact) mass is 274 g/mol. The van der Waals surface area contributed by atoms with E-state index in [9.17, 15) is 9.59 Å². The first-order valence-corrected chi connectivity index (χ1v) is 6.07. The fourth-order valence-electron chi connectivity index (χ4n) is 1.73. The first-order chi connectivity index (χ1) is 9.67. The van der Waals surface area contributed by atoms with Crippen LogP contribution in [0.15, 0.2) is 24.3 Å². The number of H-pyrrole nitrogens is 1. The Labute approximate surface area is 115 Å². The minimum Gasteiger partial charge on any atom is -0.461 e. The fourth-order valence-corrected chi connectivity index (χ4v) is 1.73. The Kier molecular flexibility index (Phi) is 4.09. The summed E-state index contributed by atoms with van der Waals surface area (Å²) in [6, 6.07) is 6.77. The number of nitrogens with zero attached hydrogens (tertiary/aromatic N) is 2. The summed E-state index contributed by atoms with van der Waals surface area (Å²) in [5, 5.41) is 12.7. The SMILES string of the molecule is CCOC(=O)c1n[nH]nc1-c1cccc(C(=O)NC)c1. The predicted octanol–water partition coefficient (Wildman–Crippen LogP) is 1.01. The van der Waals surface area contributed by atoms with Crippen LogP contribution in [0.25, 0.3) is 11.3 Å². The third-order valence-electron chi connectivity index (χ3n) is 2.64. The van der Waals surface area contributed by atoms with Crippen molar-refractivity contribution in [1.29, 1.82) is 0 Å². The molecule has 0 saturated carbocycles. The molecule has 1 aromatic heterocycles. The van der Waals surface area contributed by atoms with Gasteiger partial charge in [0.05, 0.1) is 6.61 Å². The molecular formula is C13H14N4O3. The largest absolute Gasteiger partial charge is 0.461 e. The number of rotatable bonds is 4. The van der Waals surface area contributed by atoms with Gasteiger partial charge < -0.3 is 10.1 Å². The van der Waals surface area contributed by atoms with Crippen LogP contribution in [-0.4, -0.2) is 40.9 Å². The van der Waals surface area contributed by atoms with Crippen LogP contribution in [-0.2, 0) is 4.74 Å². The number of aromatic amines is 1. The van der Waals surface area contributed by atoms with E-state index in [4.69, 9.17) is 4.74 Å². The summed E-state index contributed by atoms with van der Waals surface area (Å²) in [5.41, 5.74) is 1.54. The lowest BCUT2D eigenvalue weighted by Gasteiger charge is -2.04. The van der Waals surface area contributed by atoms with Gasteiger partial charge in [-0.2, -0.15) is 10.3 Å². The van der Waals surface area contributed by atoms with Crippen molar-refractivity contribution in [3.63, 3.8) is 0 Å². The van der Waals surface area contributed by atoms with E-state index in [-0.39, 0.29) is 18.2 Å². The Morgan fingerprint density at radius 3 is 2.85 bits per heavy atom. The molecule has 7 heteroatoms. The smallest absolute Gasteiger partial charge is 0.361 e. The standard InChI is InChI=1S/C13H14N4O3/c1-3-20-13(19)11-10(15-17-16-11)8-5-4-6-9(7-8)12(18)14-2/h4-7H,3H2,1-2H3,(H,14,18)(H,15,16,17). The van der Waals surface area contributed by atoms with Gasteiger partial charge in [-0.1, -0.05) is 12.1 Å².